The summed E-state index contributed by atoms with van der Waals surface area (Å²) in [7, 11) is 0. The number of hydrogen-bond acceptors (Lipinski definition) is 6. The molecule has 4 rings (SSSR count). The van der Waals surface area contributed by atoms with Crippen LogP contribution in [0.15, 0.2) is 5.38 Å². The van der Waals surface area contributed by atoms with E-state index in [9.17, 15) is 9.59 Å². The summed E-state index contributed by atoms with van der Waals surface area (Å²) >= 11 is 1.33. The second-order valence-electron chi connectivity index (χ2n) is 5.71. The zero-order valence-electron chi connectivity index (χ0n) is 11.9. The number of thiophene rings is 1. The molecule has 0 aromatic carbocycles. The van der Waals surface area contributed by atoms with Crippen LogP contribution in [0.2, 0.25) is 0 Å². The Balaban J connectivity index is 1.55. The molecule has 118 valence electrons. The Hall–Kier alpha value is -1.96. The summed E-state index contributed by atoms with van der Waals surface area (Å²) in [4.78, 5) is 26.4. The highest BCUT2D eigenvalue weighted by Crippen LogP contribution is 2.40. The lowest BCUT2D eigenvalue weighted by atomic mass is 9.93. The van der Waals surface area contributed by atoms with E-state index >= 15 is 0 Å². The minimum Gasteiger partial charge on any atom is -0.485 e. The molecule has 1 aromatic heterocycles. The van der Waals surface area contributed by atoms with Crippen LogP contribution in [0.25, 0.3) is 0 Å². The molecule has 1 spiro atoms. The van der Waals surface area contributed by atoms with Crippen LogP contribution in [0, 0.1) is 0 Å². The molecule has 8 heteroatoms. The molecule has 0 unspecified atom stereocenters. The van der Waals surface area contributed by atoms with E-state index in [1.54, 1.807) is 10.3 Å². The van der Waals surface area contributed by atoms with Crippen molar-refractivity contribution in [1.29, 1.82) is 0 Å². The lowest BCUT2D eigenvalue weighted by Gasteiger charge is -2.38. The molecule has 2 saturated heterocycles. The van der Waals surface area contributed by atoms with Crippen LogP contribution in [0.1, 0.15) is 22.5 Å². The third-order valence-corrected chi connectivity index (χ3v) is 5.11. The quantitative estimate of drug-likeness (QED) is 0.841. The second-order valence-corrected chi connectivity index (χ2v) is 6.59. The average Bonchev–Trinajstić information content (AvgIpc) is 3.11. The molecule has 7 nitrogen and oxygen atoms in total. The Morgan fingerprint density at radius 1 is 1.36 bits per heavy atom. The number of amides is 2. The molecular weight excluding hydrogens is 308 g/mol. The molecule has 1 N–H and O–H groups in total. The van der Waals surface area contributed by atoms with E-state index in [0.717, 1.165) is 12.8 Å². The van der Waals surface area contributed by atoms with E-state index < -0.39 is 11.7 Å². The predicted molar refractivity (Wildman–Crippen MR) is 77.7 cm³/mol. The maximum atomic E-state index is 12.8. The van der Waals surface area contributed by atoms with Crippen LogP contribution < -0.4 is 14.8 Å². The number of piperidine rings is 1. The fraction of sp³-hybridized carbons (Fsp3) is 0.571. The summed E-state index contributed by atoms with van der Waals surface area (Å²) in [6.45, 7) is 2.49. The maximum Gasteiger partial charge on any atom is 0.407 e. The van der Waals surface area contributed by atoms with Crippen molar-refractivity contribution in [2.75, 3.05) is 32.8 Å². The van der Waals surface area contributed by atoms with E-state index in [1.807, 2.05) is 0 Å². The molecule has 1 atom stereocenters. The zero-order chi connectivity index (χ0) is 15.2. The van der Waals surface area contributed by atoms with Crippen LogP contribution in [0.5, 0.6) is 11.5 Å². The van der Waals surface area contributed by atoms with Crippen molar-refractivity contribution in [2.24, 2.45) is 0 Å². The third-order valence-electron chi connectivity index (χ3n) is 4.19. The standard InChI is InChI=1S/C14H16N2O5S/c17-12(11-10-9(6-22-11)19-4-5-20-10)16-3-1-2-14(8-16)7-15-13(18)21-14/h6H,1-5,7-8H2,(H,15,18)/t14-/m0/s1. The molecule has 3 aliphatic heterocycles. The first kappa shape index (κ1) is 13.7. The van der Waals surface area contributed by atoms with E-state index in [4.69, 9.17) is 14.2 Å². The van der Waals surface area contributed by atoms with Crippen molar-refractivity contribution in [3.8, 4) is 11.5 Å². The lowest BCUT2D eigenvalue weighted by molar-refractivity contribution is -0.00504. The topological polar surface area (TPSA) is 77.1 Å². The lowest BCUT2D eigenvalue weighted by Crippen LogP contribution is -2.52. The van der Waals surface area contributed by atoms with Crippen molar-refractivity contribution in [3.63, 3.8) is 0 Å². The molecule has 1 aromatic rings. The van der Waals surface area contributed by atoms with Gasteiger partial charge < -0.3 is 24.4 Å². The molecular formula is C14H16N2O5S. The van der Waals surface area contributed by atoms with Gasteiger partial charge in [0.25, 0.3) is 5.91 Å². The van der Waals surface area contributed by atoms with Crippen LogP contribution in [-0.4, -0.2) is 55.3 Å². The first-order chi connectivity index (χ1) is 10.7. The van der Waals surface area contributed by atoms with Gasteiger partial charge in [-0.2, -0.15) is 0 Å². The number of carbonyl (C=O) groups excluding carboxylic acids is 2. The van der Waals surface area contributed by atoms with Gasteiger partial charge in [-0.05, 0) is 12.8 Å². The van der Waals surface area contributed by atoms with Crippen molar-refractivity contribution in [2.45, 2.75) is 18.4 Å². The molecule has 2 amide bonds. The highest BCUT2D eigenvalue weighted by molar-refractivity contribution is 7.12. The first-order valence-corrected chi connectivity index (χ1v) is 8.18. The van der Waals surface area contributed by atoms with Gasteiger partial charge in [0, 0.05) is 11.9 Å². The van der Waals surface area contributed by atoms with E-state index in [1.165, 1.54) is 11.3 Å². The number of carbonyl (C=O) groups is 2. The number of ether oxygens (including phenoxy) is 3. The number of alkyl carbamates (subject to hydrolysis) is 1. The number of hydrogen-bond donors (Lipinski definition) is 1. The SMILES string of the molecule is O=C1NC[C@]2(CCCN(C(=O)c3scc4c3OCCO4)C2)O1. The van der Waals surface area contributed by atoms with Gasteiger partial charge in [0.1, 0.15) is 23.7 Å². The van der Waals surface area contributed by atoms with Gasteiger partial charge in [-0.3, -0.25) is 4.79 Å². The Labute approximate surface area is 131 Å². The Bertz CT molecular complexity index is 631. The highest BCUT2D eigenvalue weighted by Gasteiger charge is 2.45. The van der Waals surface area contributed by atoms with Gasteiger partial charge in [0.05, 0.1) is 13.1 Å². The molecule has 3 aliphatic rings. The van der Waals surface area contributed by atoms with Crippen LogP contribution in [0.3, 0.4) is 0 Å². The van der Waals surface area contributed by atoms with Gasteiger partial charge in [0.2, 0.25) is 0 Å². The second kappa shape index (κ2) is 5.05. The average molecular weight is 324 g/mol. The fourth-order valence-electron chi connectivity index (χ4n) is 3.16. The Morgan fingerprint density at radius 3 is 3.05 bits per heavy atom. The predicted octanol–water partition coefficient (Wildman–Crippen LogP) is 1.23. The van der Waals surface area contributed by atoms with E-state index in [2.05, 4.69) is 5.32 Å². The van der Waals surface area contributed by atoms with Gasteiger partial charge in [-0.15, -0.1) is 11.3 Å². The highest BCUT2D eigenvalue weighted by atomic mass is 32.1. The molecule has 22 heavy (non-hydrogen) atoms. The number of nitrogens with one attached hydrogen (secondary N) is 1. The van der Waals surface area contributed by atoms with Crippen molar-refractivity contribution < 1.29 is 23.8 Å². The minimum absolute atomic E-state index is 0.0845. The van der Waals surface area contributed by atoms with E-state index in [0.29, 0.717) is 49.2 Å². The number of rotatable bonds is 1. The monoisotopic (exact) mass is 324 g/mol. The molecule has 0 radical (unpaired) electrons. The van der Waals surface area contributed by atoms with Gasteiger partial charge in [-0.25, -0.2) is 4.79 Å². The first-order valence-electron chi connectivity index (χ1n) is 7.30. The van der Waals surface area contributed by atoms with Crippen molar-refractivity contribution >= 4 is 23.3 Å². The van der Waals surface area contributed by atoms with Crippen molar-refractivity contribution in [3.05, 3.63) is 10.3 Å². The summed E-state index contributed by atoms with van der Waals surface area (Å²) in [5.41, 5.74) is -0.584. The number of nitrogens with zero attached hydrogens (tertiary/aromatic N) is 1. The summed E-state index contributed by atoms with van der Waals surface area (Å²) in [6.07, 6.45) is 1.18. The maximum absolute atomic E-state index is 12.8. The zero-order valence-corrected chi connectivity index (χ0v) is 12.7. The van der Waals surface area contributed by atoms with Gasteiger partial charge >= 0.3 is 6.09 Å². The molecule has 0 saturated carbocycles. The minimum atomic E-state index is -0.584. The smallest absolute Gasteiger partial charge is 0.407 e. The summed E-state index contributed by atoms with van der Waals surface area (Å²) in [5, 5.41) is 4.49. The molecule has 4 heterocycles. The van der Waals surface area contributed by atoms with E-state index in [-0.39, 0.29) is 5.91 Å². The van der Waals surface area contributed by atoms with Crippen LogP contribution in [-0.2, 0) is 4.74 Å². The summed E-state index contributed by atoms with van der Waals surface area (Å²) in [5.74, 6) is 1.10. The van der Waals surface area contributed by atoms with Crippen LogP contribution >= 0.6 is 11.3 Å². The van der Waals surface area contributed by atoms with Gasteiger partial charge in [0.15, 0.2) is 11.5 Å². The van der Waals surface area contributed by atoms with Crippen LogP contribution in [0.4, 0.5) is 4.79 Å². The largest absolute Gasteiger partial charge is 0.485 e. The van der Waals surface area contributed by atoms with Gasteiger partial charge in [-0.1, -0.05) is 0 Å². The molecule has 0 bridgehead atoms. The fourth-order valence-corrected chi connectivity index (χ4v) is 4.05. The number of likely N-dealkylation sites (tertiary alicyclic amines) is 1. The third kappa shape index (κ3) is 2.18. The normalized spacial score (nSPS) is 26.7. The number of fused-ring (bicyclic) bond motifs is 1. The summed E-state index contributed by atoms with van der Waals surface area (Å²) in [6, 6.07) is 0. The van der Waals surface area contributed by atoms with Crippen molar-refractivity contribution in [1.82, 2.24) is 10.2 Å². The molecule has 0 aliphatic carbocycles. The Morgan fingerprint density at radius 2 is 2.23 bits per heavy atom. The Kier molecular flexibility index (Phi) is 3.14. The summed E-state index contributed by atoms with van der Waals surface area (Å²) < 4.78 is 16.5. The molecule has 2 fully saturated rings.